The highest BCUT2D eigenvalue weighted by Gasteiger charge is 2.26. The summed E-state index contributed by atoms with van der Waals surface area (Å²) in [6.07, 6.45) is 3.31. The number of benzene rings is 1. The molecule has 0 spiro atoms. The van der Waals surface area contributed by atoms with E-state index in [0.29, 0.717) is 31.9 Å². The molecule has 1 aromatic heterocycles. The molecule has 0 saturated carbocycles. The van der Waals surface area contributed by atoms with Gasteiger partial charge in [0.2, 0.25) is 5.91 Å². The van der Waals surface area contributed by atoms with E-state index in [4.69, 9.17) is 0 Å². The fourth-order valence-corrected chi connectivity index (χ4v) is 3.34. The van der Waals surface area contributed by atoms with Gasteiger partial charge in [0.1, 0.15) is 5.69 Å². The van der Waals surface area contributed by atoms with E-state index >= 15 is 0 Å². The molecular weight excluding hydrogens is 374 g/mol. The third-order valence-corrected chi connectivity index (χ3v) is 5.03. The lowest BCUT2D eigenvalue weighted by Gasteiger charge is -2.35. The van der Waals surface area contributed by atoms with Crippen LogP contribution in [0.2, 0.25) is 0 Å². The Morgan fingerprint density at radius 1 is 1.21 bits per heavy atom. The zero-order chi connectivity index (χ0) is 21.0. The molecule has 0 radical (unpaired) electrons. The van der Waals surface area contributed by atoms with Gasteiger partial charge in [-0.05, 0) is 30.7 Å². The van der Waals surface area contributed by atoms with Gasteiger partial charge in [-0.3, -0.25) is 24.7 Å². The van der Waals surface area contributed by atoms with Gasteiger partial charge in [0, 0.05) is 57.1 Å². The molecular formula is C20H23N5O4. The summed E-state index contributed by atoms with van der Waals surface area (Å²) >= 11 is 0. The minimum absolute atomic E-state index is 0.00564. The van der Waals surface area contributed by atoms with Crippen LogP contribution in [-0.4, -0.2) is 52.8 Å². The van der Waals surface area contributed by atoms with Crippen molar-refractivity contribution in [2.45, 2.75) is 19.9 Å². The van der Waals surface area contributed by atoms with Gasteiger partial charge in [0.25, 0.3) is 11.6 Å². The molecule has 1 aliphatic rings. The highest BCUT2D eigenvalue weighted by molar-refractivity contribution is 5.96. The number of nitro groups is 1. The van der Waals surface area contributed by atoms with Crippen molar-refractivity contribution in [3.05, 3.63) is 64.0 Å². The van der Waals surface area contributed by atoms with E-state index in [1.54, 1.807) is 35.5 Å². The fourth-order valence-electron chi connectivity index (χ4n) is 3.34. The first-order valence-corrected chi connectivity index (χ1v) is 9.36. The largest absolute Gasteiger partial charge is 0.362 e. The number of nitro benzene ring substituents is 1. The zero-order valence-corrected chi connectivity index (χ0v) is 16.4. The third kappa shape index (κ3) is 4.68. The van der Waals surface area contributed by atoms with E-state index in [1.807, 2.05) is 17.9 Å². The van der Waals surface area contributed by atoms with Crippen molar-refractivity contribution in [3.8, 4) is 0 Å². The summed E-state index contributed by atoms with van der Waals surface area (Å²) in [5, 5.41) is 14.5. The van der Waals surface area contributed by atoms with Crippen LogP contribution in [0.25, 0.3) is 0 Å². The van der Waals surface area contributed by atoms with Gasteiger partial charge in [-0.2, -0.15) is 0 Å². The molecule has 2 amide bonds. The summed E-state index contributed by atoms with van der Waals surface area (Å²) in [6, 6.07) is 7.84. The van der Waals surface area contributed by atoms with Crippen molar-refractivity contribution >= 4 is 23.2 Å². The van der Waals surface area contributed by atoms with Gasteiger partial charge in [-0.15, -0.1) is 0 Å². The van der Waals surface area contributed by atoms with Crippen LogP contribution in [0.4, 0.5) is 11.4 Å². The summed E-state index contributed by atoms with van der Waals surface area (Å²) in [4.78, 5) is 42.8. The monoisotopic (exact) mass is 397 g/mol. The van der Waals surface area contributed by atoms with Gasteiger partial charge in [0.15, 0.2) is 0 Å². The van der Waals surface area contributed by atoms with E-state index in [0.717, 1.165) is 5.56 Å². The molecule has 1 N–H and O–H groups in total. The quantitative estimate of drug-likeness (QED) is 0.612. The lowest BCUT2D eigenvalue weighted by atomic mass is 10.1. The van der Waals surface area contributed by atoms with Gasteiger partial charge in [-0.1, -0.05) is 6.07 Å². The highest BCUT2D eigenvalue weighted by Crippen LogP contribution is 2.30. The van der Waals surface area contributed by atoms with Crippen molar-refractivity contribution in [2.75, 3.05) is 31.1 Å². The highest BCUT2D eigenvalue weighted by atomic mass is 16.6. The molecule has 152 valence electrons. The molecule has 9 heteroatoms. The molecule has 0 aliphatic carbocycles. The summed E-state index contributed by atoms with van der Waals surface area (Å²) in [5.41, 5.74) is 1.40. The number of carbonyl (C=O) groups excluding carboxylic acids is 2. The van der Waals surface area contributed by atoms with Crippen LogP contribution < -0.4 is 10.2 Å². The molecule has 1 fully saturated rings. The second-order valence-electron chi connectivity index (χ2n) is 6.94. The van der Waals surface area contributed by atoms with Crippen molar-refractivity contribution in [3.63, 3.8) is 0 Å². The first-order chi connectivity index (χ1) is 13.9. The number of pyridine rings is 1. The standard InChI is InChI=1S/C20H23N5O4/c1-14(17-4-3-7-21-13-17)22-20(27)16-5-6-18(19(12-16)25(28)29)24-10-8-23(9-11-24)15(2)26/h3-7,12-14H,8-11H2,1-2H3,(H,22,27). The number of nitrogens with one attached hydrogen (secondary N) is 1. The van der Waals surface area contributed by atoms with E-state index < -0.39 is 10.8 Å². The van der Waals surface area contributed by atoms with Gasteiger partial charge < -0.3 is 15.1 Å². The normalized spacial score (nSPS) is 15.0. The van der Waals surface area contributed by atoms with Crippen molar-refractivity contribution in [1.82, 2.24) is 15.2 Å². The number of hydrogen-bond donors (Lipinski definition) is 1. The second-order valence-corrected chi connectivity index (χ2v) is 6.94. The smallest absolute Gasteiger partial charge is 0.293 e. The van der Waals surface area contributed by atoms with Crippen molar-refractivity contribution in [1.29, 1.82) is 0 Å². The Hall–Kier alpha value is -3.49. The minimum atomic E-state index is -0.478. The summed E-state index contributed by atoms with van der Waals surface area (Å²) < 4.78 is 0. The van der Waals surface area contributed by atoms with Crippen LogP contribution >= 0.6 is 0 Å². The lowest BCUT2D eigenvalue weighted by Crippen LogP contribution is -2.48. The van der Waals surface area contributed by atoms with Gasteiger partial charge >= 0.3 is 0 Å². The van der Waals surface area contributed by atoms with E-state index in [2.05, 4.69) is 10.3 Å². The maximum atomic E-state index is 12.6. The van der Waals surface area contributed by atoms with E-state index in [-0.39, 0.29) is 23.2 Å². The van der Waals surface area contributed by atoms with Crippen molar-refractivity contribution < 1.29 is 14.5 Å². The molecule has 1 saturated heterocycles. The Labute approximate surface area is 168 Å². The Bertz CT molecular complexity index is 910. The number of aromatic nitrogens is 1. The number of nitrogens with zero attached hydrogens (tertiary/aromatic N) is 4. The Morgan fingerprint density at radius 3 is 2.52 bits per heavy atom. The maximum absolute atomic E-state index is 12.6. The van der Waals surface area contributed by atoms with Crippen LogP contribution in [0.5, 0.6) is 0 Å². The predicted molar refractivity (Wildman–Crippen MR) is 108 cm³/mol. The van der Waals surface area contributed by atoms with Gasteiger partial charge in [0.05, 0.1) is 11.0 Å². The van der Waals surface area contributed by atoms with Gasteiger partial charge in [-0.25, -0.2) is 0 Å². The minimum Gasteiger partial charge on any atom is -0.362 e. The first kappa shape index (κ1) is 20.2. The molecule has 0 bridgehead atoms. The number of hydrogen-bond acceptors (Lipinski definition) is 6. The van der Waals surface area contributed by atoms with Crippen LogP contribution in [0, 0.1) is 10.1 Å². The summed E-state index contributed by atoms with van der Waals surface area (Å²) in [6.45, 7) is 5.37. The summed E-state index contributed by atoms with van der Waals surface area (Å²) in [5.74, 6) is -0.397. The summed E-state index contributed by atoms with van der Waals surface area (Å²) in [7, 11) is 0. The average molecular weight is 397 g/mol. The molecule has 1 aliphatic heterocycles. The number of carbonyl (C=O) groups is 2. The maximum Gasteiger partial charge on any atom is 0.293 e. The van der Waals surface area contributed by atoms with Crippen LogP contribution in [-0.2, 0) is 4.79 Å². The first-order valence-electron chi connectivity index (χ1n) is 9.36. The average Bonchev–Trinajstić information content (AvgIpc) is 2.73. The number of amides is 2. The molecule has 1 atom stereocenters. The Balaban J connectivity index is 1.76. The Kier molecular flexibility index (Phi) is 6.06. The molecule has 1 unspecified atom stereocenters. The van der Waals surface area contributed by atoms with E-state index in [9.17, 15) is 19.7 Å². The molecule has 1 aromatic carbocycles. The third-order valence-electron chi connectivity index (χ3n) is 5.03. The molecule has 29 heavy (non-hydrogen) atoms. The fraction of sp³-hybridized carbons (Fsp3) is 0.350. The number of rotatable bonds is 5. The van der Waals surface area contributed by atoms with E-state index in [1.165, 1.54) is 13.0 Å². The lowest BCUT2D eigenvalue weighted by molar-refractivity contribution is -0.384. The number of piperazine rings is 1. The molecule has 3 rings (SSSR count). The molecule has 2 aromatic rings. The number of anilines is 1. The van der Waals surface area contributed by atoms with Crippen LogP contribution in [0.1, 0.15) is 35.8 Å². The topological polar surface area (TPSA) is 109 Å². The Morgan fingerprint density at radius 2 is 1.93 bits per heavy atom. The molecule has 9 nitrogen and oxygen atoms in total. The van der Waals surface area contributed by atoms with Crippen LogP contribution in [0.15, 0.2) is 42.7 Å². The SMILES string of the molecule is CC(=O)N1CCN(c2ccc(C(=O)NC(C)c3cccnc3)cc2[N+](=O)[O-])CC1. The van der Waals surface area contributed by atoms with Crippen molar-refractivity contribution in [2.24, 2.45) is 0 Å². The van der Waals surface area contributed by atoms with Crippen LogP contribution in [0.3, 0.4) is 0 Å². The second kappa shape index (κ2) is 8.68. The zero-order valence-electron chi connectivity index (χ0n) is 16.4. The molecule has 2 heterocycles. The predicted octanol–water partition coefficient (Wildman–Crippen LogP) is 2.15.